The van der Waals surface area contributed by atoms with Gasteiger partial charge in [0.15, 0.2) is 0 Å². The highest BCUT2D eigenvalue weighted by Gasteiger charge is 1.94. The molecule has 0 saturated carbocycles. The SMILES string of the molecule is C1COCCO1.O=C([O-])[O-].[H+].[H+]. The van der Waals surface area contributed by atoms with E-state index in [0.29, 0.717) is 0 Å². The molecular weight excluding hydrogens is 140 g/mol. The average molecular weight is 150 g/mol. The highest BCUT2D eigenvalue weighted by molar-refractivity contribution is 5.47. The molecular formula is C5H10O5. The third kappa shape index (κ3) is 10.2. The van der Waals surface area contributed by atoms with Gasteiger partial charge in [-0.05, 0) is 6.16 Å². The fraction of sp³-hybridized carbons (Fsp3) is 0.800. The third-order valence-electron chi connectivity index (χ3n) is 0.744. The predicted octanol–water partition coefficient (Wildman–Crippen LogP) is -2.19. The van der Waals surface area contributed by atoms with Gasteiger partial charge in [-0.1, -0.05) is 0 Å². The van der Waals surface area contributed by atoms with Gasteiger partial charge < -0.3 is 24.5 Å². The molecule has 1 fully saturated rings. The van der Waals surface area contributed by atoms with Crippen LogP contribution in [0.15, 0.2) is 0 Å². The van der Waals surface area contributed by atoms with E-state index in [-0.39, 0.29) is 2.85 Å². The summed E-state index contributed by atoms with van der Waals surface area (Å²) in [6, 6.07) is 0. The zero-order valence-corrected chi connectivity index (χ0v) is 5.37. The quantitative estimate of drug-likeness (QED) is 0.392. The number of carbonyl (C=O) groups is 1. The van der Waals surface area contributed by atoms with Crippen LogP contribution >= 0.6 is 0 Å². The summed E-state index contributed by atoms with van der Waals surface area (Å²) in [4.78, 5) is 8.33. The van der Waals surface area contributed by atoms with Gasteiger partial charge >= 0.3 is 2.85 Å². The lowest BCUT2D eigenvalue weighted by Gasteiger charge is -2.09. The van der Waals surface area contributed by atoms with Gasteiger partial charge in [0.05, 0.1) is 26.4 Å². The first kappa shape index (κ1) is 9.19. The summed E-state index contributed by atoms with van der Waals surface area (Å²) in [6.45, 7) is 3.11. The topological polar surface area (TPSA) is 81.7 Å². The average Bonchev–Trinajstić information content (AvgIpc) is 1.90. The molecule has 5 heteroatoms. The van der Waals surface area contributed by atoms with Crippen molar-refractivity contribution in [1.29, 1.82) is 0 Å². The van der Waals surface area contributed by atoms with Crippen LogP contribution in [-0.4, -0.2) is 32.6 Å². The van der Waals surface area contributed by atoms with Crippen LogP contribution in [0.4, 0.5) is 4.79 Å². The summed E-state index contributed by atoms with van der Waals surface area (Å²) in [6.07, 6.45) is -2.33. The maximum Gasteiger partial charge on any atom is 1.00 e. The molecule has 0 unspecified atom stereocenters. The number of hydrogen-bond acceptors (Lipinski definition) is 5. The van der Waals surface area contributed by atoms with Crippen molar-refractivity contribution in [3.63, 3.8) is 0 Å². The van der Waals surface area contributed by atoms with E-state index in [2.05, 4.69) is 0 Å². The number of carboxylic acid groups (broad SMARTS) is 2. The molecule has 0 aliphatic carbocycles. The summed E-state index contributed by atoms with van der Waals surface area (Å²) < 4.78 is 9.89. The van der Waals surface area contributed by atoms with E-state index in [9.17, 15) is 0 Å². The maximum atomic E-state index is 8.33. The standard InChI is InChI=1S/C4H8O2.CH2O3/c1-2-6-4-3-5-1;2-1(3)4/h1-4H2;(H2,2,3,4). The third-order valence-corrected chi connectivity index (χ3v) is 0.744. The molecule has 0 N–H and O–H groups in total. The van der Waals surface area contributed by atoms with Gasteiger partial charge in [-0.3, -0.25) is 0 Å². The zero-order valence-electron chi connectivity index (χ0n) is 7.37. The van der Waals surface area contributed by atoms with E-state index in [0.717, 1.165) is 26.4 Å². The molecule has 0 atom stereocenters. The van der Waals surface area contributed by atoms with Crippen LogP contribution in [-0.2, 0) is 9.47 Å². The second-order valence-corrected chi connectivity index (χ2v) is 1.47. The fourth-order valence-electron chi connectivity index (χ4n) is 0.440. The van der Waals surface area contributed by atoms with Crippen molar-refractivity contribution in [2.75, 3.05) is 26.4 Å². The Hall–Kier alpha value is -0.810. The van der Waals surface area contributed by atoms with E-state index >= 15 is 0 Å². The van der Waals surface area contributed by atoms with Crippen LogP contribution in [0.1, 0.15) is 2.85 Å². The Labute approximate surface area is 61.1 Å². The minimum atomic E-state index is -2.33. The summed E-state index contributed by atoms with van der Waals surface area (Å²) in [5.41, 5.74) is 0. The van der Waals surface area contributed by atoms with Crippen molar-refractivity contribution in [3.05, 3.63) is 0 Å². The molecule has 0 amide bonds. The Morgan fingerprint density at radius 3 is 1.40 bits per heavy atom. The lowest BCUT2D eigenvalue weighted by molar-refractivity contribution is -0.415. The minimum Gasteiger partial charge on any atom is -0.652 e. The van der Waals surface area contributed by atoms with Crippen LogP contribution in [0.3, 0.4) is 0 Å². The van der Waals surface area contributed by atoms with Crippen molar-refractivity contribution >= 4 is 6.16 Å². The molecule has 0 spiro atoms. The smallest absolute Gasteiger partial charge is 0.652 e. The Bertz CT molecular complexity index is 80.3. The van der Waals surface area contributed by atoms with E-state index in [1.54, 1.807) is 0 Å². The molecule has 60 valence electrons. The van der Waals surface area contributed by atoms with E-state index in [1.165, 1.54) is 0 Å². The zero-order chi connectivity index (χ0) is 7.82. The monoisotopic (exact) mass is 150 g/mol. The molecule has 1 aliphatic rings. The number of carbonyl (C=O) groups excluding carboxylic acids is 1. The van der Waals surface area contributed by atoms with E-state index < -0.39 is 6.16 Å². The highest BCUT2D eigenvalue weighted by Crippen LogP contribution is 1.85. The molecule has 5 nitrogen and oxygen atoms in total. The van der Waals surface area contributed by atoms with Crippen LogP contribution in [0.2, 0.25) is 0 Å². The first-order valence-corrected chi connectivity index (χ1v) is 2.77. The van der Waals surface area contributed by atoms with Gasteiger partial charge in [-0.2, -0.15) is 0 Å². The minimum absolute atomic E-state index is 0. The molecule has 1 heterocycles. The summed E-state index contributed by atoms with van der Waals surface area (Å²) in [7, 11) is 0. The molecule has 10 heavy (non-hydrogen) atoms. The van der Waals surface area contributed by atoms with Gasteiger partial charge in [-0.15, -0.1) is 0 Å². The van der Waals surface area contributed by atoms with Crippen molar-refractivity contribution in [3.8, 4) is 0 Å². The van der Waals surface area contributed by atoms with Crippen LogP contribution in [0.25, 0.3) is 0 Å². The molecule has 1 rings (SSSR count). The van der Waals surface area contributed by atoms with Crippen LogP contribution in [0, 0.1) is 0 Å². The van der Waals surface area contributed by atoms with Crippen molar-refractivity contribution in [2.24, 2.45) is 0 Å². The first-order valence-electron chi connectivity index (χ1n) is 2.77. The Balaban J connectivity index is -0.000000124. The predicted molar refractivity (Wildman–Crippen MR) is 29.3 cm³/mol. The lowest BCUT2D eigenvalue weighted by Crippen LogP contribution is -2.37. The van der Waals surface area contributed by atoms with E-state index in [1.807, 2.05) is 0 Å². The van der Waals surface area contributed by atoms with Gasteiger partial charge in [0, 0.05) is 0 Å². The van der Waals surface area contributed by atoms with Crippen LogP contribution < -0.4 is 10.2 Å². The molecule has 1 aliphatic heterocycles. The first-order chi connectivity index (χ1) is 4.73. The summed E-state index contributed by atoms with van der Waals surface area (Å²) >= 11 is 0. The molecule has 1 saturated heterocycles. The Kier molecular flexibility index (Phi) is 5.80. The van der Waals surface area contributed by atoms with Crippen molar-refractivity contribution in [2.45, 2.75) is 0 Å². The number of ether oxygens (including phenoxy) is 2. The lowest BCUT2D eigenvalue weighted by atomic mass is 10.6. The maximum absolute atomic E-state index is 8.33. The Morgan fingerprint density at radius 2 is 1.30 bits per heavy atom. The van der Waals surface area contributed by atoms with Gasteiger partial charge in [0.1, 0.15) is 0 Å². The molecule has 0 aromatic carbocycles. The molecule has 0 radical (unpaired) electrons. The normalized spacial score (nSPS) is 16.8. The van der Waals surface area contributed by atoms with Gasteiger partial charge in [-0.25, -0.2) is 0 Å². The van der Waals surface area contributed by atoms with Gasteiger partial charge in [0.25, 0.3) is 0 Å². The van der Waals surface area contributed by atoms with Crippen LogP contribution in [0.5, 0.6) is 0 Å². The van der Waals surface area contributed by atoms with Crippen molar-refractivity contribution in [1.82, 2.24) is 0 Å². The summed E-state index contributed by atoms with van der Waals surface area (Å²) in [5, 5.41) is 16.7. The largest absolute Gasteiger partial charge is 1.00 e. The number of rotatable bonds is 0. The van der Waals surface area contributed by atoms with Crippen molar-refractivity contribution < 1.29 is 27.3 Å². The molecule has 0 aromatic heterocycles. The molecule has 0 aromatic rings. The Morgan fingerprint density at radius 1 is 1.10 bits per heavy atom. The fourth-order valence-corrected chi connectivity index (χ4v) is 0.440. The number of hydrogen-bond donors (Lipinski definition) is 0. The second-order valence-electron chi connectivity index (χ2n) is 1.47. The summed E-state index contributed by atoms with van der Waals surface area (Å²) in [5.74, 6) is 0. The molecule has 0 bridgehead atoms. The van der Waals surface area contributed by atoms with E-state index in [4.69, 9.17) is 24.5 Å². The second kappa shape index (κ2) is 6.31. The highest BCUT2D eigenvalue weighted by atomic mass is 16.6. The van der Waals surface area contributed by atoms with Gasteiger partial charge in [0.2, 0.25) is 0 Å².